The predicted octanol–water partition coefficient (Wildman–Crippen LogP) is 2.47. The summed E-state index contributed by atoms with van der Waals surface area (Å²) in [5, 5.41) is 9.92. The van der Waals surface area contributed by atoms with Crippen molar-refractivity contribution in [1.82, 2.24) is 0 Å². The summed E-state index contributed by atoms with van der Waals surface area (Å²) in [6, 6.07) is 14.0. The molecule has 0 aliphatic rings. The summed E-state index contributed by atoms with van der Waals surface area (Å²) in [6.45, 7) is 0. The van der Waals surface area contributed by atoms with Crippen molar-refractivity contribution in [3.8, 4) is 0 Å². The molecular weight excluding hydrogens is 279 g/mol. The standard InChI is InChI=1S/C15H15FO3S/c16-14-8-6-13(7-9-14)15(17)11-20(18,19)10-12-4-2-1-3-5-12/h1-9,15,17H,10-11H2. The van der Waals surface area contributed by atoms with Crippen molar-refractivity contribution >= 4 is 9.84 Å². The second-order valence-corrected chi connectivity index (χ2v) is 6.72. The Kier molecular flexibility index (Phi) is 4.52. The zero-order valence-corrected chi connectivity index (χ0v) is 11.6. The third-order valence-electron chi connectivity index (χ3n) is 2.90. The zero-order chi connectivity index (χ0) is 14.6. The zero-order valence-electron chi connectivity index (χ0n) is 10.7. The van der Waals surface area contributed by atoms with Gasteiger partial charge < -0.3 is 5.11 Å². The van der Waals surface area contributed by atoms with Crippen molar-refractivity contribution in [2.24, 2.45) is 0 Å². The molecule has 0 bridgehead atoms. The smallest absolute Gasteiger partial charge is 0.157 e. The van der Waals surface area contributed by atoms with Crippen molar-refractivity contribution in [3.05, 3.63) is 71.5 Å². The number of aliphatic hydroxyl groups excluding tert-OH is 1. The van der Waals surface area contributed by atoms with Crippen LogP contribution in [0.15, 0.2) is 54.6 Å². The van der Waals surface area contributed by atoms with Crippen LogP contribution in [0.25, 0.3) is 0 Å². The van der Waals surface area contributed by atoms with Crippen molar-refractivity contribution in [1.29, 1.82) is 0 Å². The Morgan fingerprint density at radius 2 is 1.60 bits per heavy atom. The van der Waals surface area contributed by atoms with E-state index >= 15 is 0 Å². The minimum Gasteiger partial charge on any atom is -0.387 e. The van der Waals surface area contributed by atoms with Crippen LogP contribution in [-0.2, 0) is 15.6 Å². The molecule has 1 atom stereocenters. The van der Waals surface area contributed by atoms with E-state index in [1.165, 1.54) is 24.3 Å². The highest BCUT2D eigenvalue weighted by atomic mass is 32.2. The number of benzene rings is 2. The fraction of sp³-hybridized carbons (Fsp3) is 0.200. The number of sulfone groups is 1. The van der Waals surface area contributed by atoms with Gasteiger partial charge in [-0.1, -0.05) is 42.5 Å². The first-order chi connectivity index (χ1) is 9.46. The third-order valence-corrected chi connectivity index (χ3v) is 4.49. The first-order valence-corrected chi connectivity index (χ1v) is 7.96. The quantitative estimate of drug-likeness (QED) is 0.921. The lowest BCUT2D eigenvalue weighted by Gasteiger charge is -2.11. The second-order valence-electron chi connectivity index (χ2n) is 4.61. The molecule has 0 aliphatic carbocycles. The molecule has 0 fully saturated rings. The Balaban J connectivity index is 2.06. The van der Waals surface area contributed by atoms with Crippen molar-refractivity contribution in [3.63, 3.8) is 0 Å². The highest BCUT2D eigenvalue weighted by Gasteiger charge is 2.19. The lowest BCUT2D eigenvalue weighted by atomic mass is 10.1. The van der Waals surface area contributed by atoms with E-state index < -0.39 is 21.8 Å². The van der Waals surface area contributed by atoms with Gasteiger partial charge in [0.05, 0.1) is 17.6 Å². The average molecular weight is 294 g/mol. The number of hydrogen-bond donors (Lipinski definition) is 1. The lowest BCUT2D eigenvalue weighted by Crippen LogP contribution is -2.16. The van der Waals surface area contributed by atoms with Gasteiger partial charge in [0, 0.05) is 0 Å². The Morgan fingerprint density at radius 1 is 1.00 bits per heavy atom. The minimum absolute atomic E-state index is 0.119. The second kappa shape index (κ2) is 6.15. The summed E-state index contributed by atoms with van der Waals surface area (Å²) in [5.74, 6) is -0.923. The van der Waals surface area contributed by atoms with Crippen LogP contribution < -0.4 is 0 Å². The summed E-state index contributed by atoms with van der Waals surface area (Å²) < 4.78 is 36.8. The summed E-state index contributed by atoms with van der Waals surface area (Å²) in [4.78, 5) is 0. The van der Waals surface area contributed by atoms with E-state index in [1.54, 1.807) is 24.3 Å². The van der Waals surface area contributed by atoms with Gasteiger partial charge >= 0.3 is 0 Å². The fourth-order valence-corrected chi connectivity index (χ4v) is 3.40. The van der Waals surface area contributed by atoms with Gasteiger partial charge in [0.1, 0.15) is 5.82 Å². The van der Waals surface area contributed by atoms with E-state index in [4.69, 9.17) is 0 Å². The Hall–Kier alpha value is -1.72. The van der Waals surface area contributed by atoms with E-state index in [2.05, 4.69) is 0 Å². The maximum absolute atomic E-state index is 12.8. The molecule has 2 rings (SSSR count). The van der Waals surface area contributed by atoms with E-state index in [0.29, 0.717) is 11.1 Å². The molecule has 2 aromatic rings. The van der Waals surface area contributed by atoms with E-state index in [1.807, 2.05) is 6.07 Å². The van der Waals surface area contributed by atoms with Gasteiger partial charge in [-0.05, 0) is 23.3 Å². The van der Waals surface area contributed by atoms with Gasteiger partial charge in [0.2, 0.25) is 0 Å². The monoisotopic (exact) mass is 294 g/mol. The highest BCUT2D eigenvalue weighted by molar-refractivity contribution is 7.90. The molecule has 106 valence electrons. The lowest BCUT2D eigenvalue weighted by molar-refractivity contribution is 0.201. The molecule has 0 radical (unpaired) electrons. The summed E-state index contributed by atoms with van der Waals surface area (Å²) >= 11 is 0. The summed E-state index contributed by atoms with van der Waals surface area (Å²) in [5.41, 5.74) is 1.07. The van der Waals surface area contributed by atoms with Gasteiger partial charge in [-0.2, -0.15) is 0 Å². The van der Waals surface area contributed by atoms with E-state index in [-0.39, 0.29) is 11.5 Å². The number of rotatable bonds is 5. The molecule has 5 heteroatoms. The van der Waals surface area contributed by atoms with Crippen molar-refractivity contribution < 1.29 is 17.9 Å². The molecule has 2 aromatic carbocycles. The molecule has 0 heterocycles. The van der Waals surface area contributed by atoms with Crippen LogP contribution in [0.5, 0.6) is 0 Å². The SMILES string of the molecule is O=S(=O)(Cc1ccccc1)CC(O)c1ccc(F)cc1. The predicted molar refractivity (Wildman–Crippen MR) is 75.3 cm³/mol. The van der Waals surface area contributed by atoms with Crippen molar-refractivity contribution in [2.45, 2.75) is 11.9 Å². The topological polar surface area (TPSA) is 54.4 Å². The number of aliphatic hydroxyl groups is 1. The Bertz CT molecular complexity index is 651. The molecule has 1 unspecified atom stereocenters. The molecule has 3 nitrogen and oxygen atoms in total. The maximum atomic E-state index is 12.8. The van der Waals surface area contributed by atoms with Crippen LogP contribution in [0.4, 0.5) is 4.39 Å². The Morgan fingerprint density at radius 3 is 2.20 bits per heavy atom. The van der Waals surface area contributed by atoms with Crippen LogP contribution in [0.1, 0.15) is 17.2 Å². The molecule has 0 saturated carbocycles. The molecule has 0 amide bonds. The van der Waals surface area contributed by atoms with E-state index in [0.717, 1.165) is 0 Å². The van der Waals surface area contributed by atoms with Gasteiger partial charge in [-0.25, -0.2) is 12.8 Å². The molecule has 1 N–H and O–H groups in total. The Labute approximate surface area is 117 Å². The maximum Gasteiger partial charge on any atom is 0.157 e. The van der Waals surface area contributed by atoms with Crippen LogP contribution >= 0.6 is 0 Å². The molecule has 0 saturated heterocycles. The van der Waals surface area contributed by atoms with Gasteiger partial charge in [-0.15, -0.1) is 0 Å². The van der Waals surface area contributed by atoms with Gasteiger partial charge in [0.15, 0.2) is 9.84 Å². The normalized spacial score (nSPS) is 13.1. The largest absolute Gasteiger partial charge is 0.387 e. The fourth-order valence-electron chi connectivity index (χ4n) is 1.91. The highest BCUT2D eigenvalue weighted by Crippen LogP contribution is 2.17. The first kappa shape index (κ1) is 14.7. The van der Waals surface area contributed by atoms with Gasteiger partial charge in [0.25, 0.3) is 0 Å². The van der Waals surface area contributed by atoms with Crippen LogP contribution in [0.2, 0.25) is 0 Å². The number of hydrogen-bond acceptors (Lipinski definition) is 3. The summed E-state index contributed by atoms with van der Waals surface area (Å²) in [6.07, 6.45) is -1.15. The van der Waals surface area contributed by atoms with Crippen LogP contribution in [0, 0.1) is 5.82 Å². The van der Waals surface area contributed by atoms with Gasteiger partial charge in [-0.3, -0.25) is 0 Å². The van der Waals surface area contributed by atoms with Crippen LogP contribution in [-0.4, -0.2) is 19.3 Å². The molecular formula is C15H15FO3S. The number of halogens is 1. The minimum atomic E-state index is -3.44. The first-order valence-electron chi connectivity index (χ1n) is 6.14. The van der Waals surface area contributed by atoms with Crippen molar-refractivity contribution in [2.75, 3.05) is 5.75 Å². The average Bonchev–Trinajstić information content (AvgIpc) is 2.39. The van der Waals surface area contributed by atoms with Crippen LogP contribution in [0.3, 0.4) is 0 Å². The third kappa shape index (κ3) is 4.15. The molecule has 20 heavy (non-hydrogen) atoms. The van der Waals surface area contributed by atoms with E-state index in [9.17, 15) is 17.9 Å². The summed E-state index contributed by atoms with van der Waals surface area (Å²) in [7, 11) is -3.44. The molecule has 0 aliphatic heterocycles. The molecule has 0 spiro atoms. The molecule has 0 aromatic heterocycles.